The van der Waals surface area contributed by atoms with Crippen LogP contribution in [0, 0.1) is 0 Å². The molecule has 5 heteroatoms. The third-order valence-electron chi connectivity index (χ3n) is 3.04. The summed E-state index contributed by atoms with van der Waals surface area (Å²) in [6.45, 7) is 7.20. The molecular weight excluding hydrogens is 278 g/mol. The molecule has 0 aliphatic heterocycles. The minimum Gasteiger partial charge on any atom is -0.459 e. The predicted molar refractivity (Wildman–Crippen MR) is 85.3 cm³/mol. The van der Waals surface area contributed by atoms with E-state index < -0.39 is 5.60 Å². The van der Waals surface area contributed by atoms with E-state index in [1.165, 1.54) is 11.1 Å². The molecule has 0 fully saturated rings. The van der Waals surface area contributed by atoms with Crippen molar-refractivity contribution < 1.29 is 9.53 Å². The van der Waals surface area contributed by atoms with E-state index in [1.807, 2.05) is 43.7 Å². The number of carbonyl (C=O) groups is 1. The Bertz CT molecular complexity index is 601. The van der Waals surface area contributed by atoms with Crippen LogP contribution in [0.3, 0.4) is 0 Å². The fraction of sp³-hybridized carbons (Fsp3) is 0.412. The maximum Gasteiger partial charge on any atom is 0.320 e. The molecule has 0 bridgehead atoms. The fourth-order valence-corrected chi connectivity index (χ4v) is 2.14. The molecule has 2 aromatic rings. The molecule has 2 rings (SSSR count). The van der Waals surface area contributed by atoms with Gasteiger partial charge in [0.05, 0.1) is 12.9 Å². The van der Waals surface area contributed by atoms with Crippen LogP contribution < -0.4 is 5.32 Å². The van der Waals surface area contributed by atoms with Crippen molar-refractivity contribution in [2.24, 2.45) is 0 Å². The minimum absolute atomic E-state index is 0.205. The molecule has 1 aromatic carbocycles. The summed E-state index contributed by atoms with van der Waals surface area (Å²) in [6, 6.07) is 8.17. The minimum atomic E-state index is -0.446. The number of nitrogens with zero attached hydrogens (tertiary/aromatic N) is 2. The van der Waals surface area contributed by atoms with Crippen molar-refractivity contribution in [3.05, 3.63) is 54.1 Å². The quantitative estimate of drug-likeness (QED) is 0.832. The molecule has 0 radical (unpaired) electrons. The molecule has 1 aromatic heterocycles. The van der Waals surface area contributed by atoms with Gasteiger partial charge >= 0.3 is 5.97 Å². The summed E-state index contributed by atoms with van der Waals surface area (Å²) >= 11 is 0. The highest BCUT2D eigenvalue weighted by Crippen LogP contribution is 2.11. The number of hydrogen-bond acceptors (Lipinski definition) is 4. The van der Waals surface area contributed by atoms with E-state index in [0.29, 0.717) is 6.54 Å². The molecule has 0 unspecified atom stereocenters. The van der Waals surface area contributed by atoms with Crippen LogP contribution in [0.25, 0.3) is 0 Å². The smallest absolute Gasteiger partial charge is 0.320 e. The van der Waals surface area contributed by atoms with Crippen LogP contribution >= 0.6 is 0 Å². The Kier molecular flexibility index (Phi) is 5.33. The number of hydrogen-bond donors (Lipinski definition) is 1. The first-order valence-corrected chi connectivity index (χ1v) is 7.39. The third-order valence-corrected chi connectivity index (χ3v) is 3.04. The highest BCUT2D eigenvalue weighted by atomic mass is 16.6. The highest BCUT2D eigenvalue weighted by Gasteiger charge is 2.15. The summed E-state index contributed by atoms with van der Waals surface area (Å²) in [5.41, 5.74) is 1.93. The van der Waals surface area contributed by atoms with E-state index in [2.05, 4.69) is 22.4 Å². The molecule has 118 valence electrons. The second-order valence-electron chi connectivity index (χ2n) is 6.19. The Morgan fingerprint density at radius 1 is 1.27 bits per heavy atom. The van der Waals surface area contributed by atoms with E-state index in [1.54, 1.807) is 12.5 Å². The number of esters is 1. The lowest BCUT2D eigenvalue weighted by Gasteiger charge is -2.19. The maximum atomic E-state index is 11.7. The largest absolute Gasteiger partial charge is 0.459 e. The van der Waals surface area contributed by atoms with Gasteiger partial charge in [0.1, 0.15) is 5.60 Å². The zero-order valence-electron chi connectivity index (χ0n) is 13.4. The second kappa shape index (κ2) is 7.22. The van der Waals surface area contributed by atoms with Crippen molar-refractivity contribution >= 4 is 5.97 Å². The van der Waals surface area contributed by atoms with Crippen LogP contribution in [0.1, 0.15) is 31.9 Å². The van der Waals surface area contributed by atoms with Crippen LogP contribution in [0.2, 0.25) is 0 Å². The molecule has 0 saturated heterocycles. The van der Waals surface area contributed by atoms with Gasteiger partial charge in [0.25, 0.3) is 0 Å². The zero-order chi connectivity index (χ0) is 16.0. The van der Waals surface area contributed by atoms with Gasteiger partial charge in [0.15, 0.2) is 0 Å². The highest BCUT2D eigenvalue weighted by molar-refractivity contribution is 5.72. The average molecular weight is 301 g/mol. The predicted octanol–water partition coefficient (Wildman–Crippen LogP) is 2.36. The van der Waals surface area contributed by atoms with E-state index in [4.69, 9.17) is 4.74 Å². The number of carbonyl (C=O) groups excluding carboxylic acids is 1. The van der Waals surface area contributed by atoms with E-state index in [0.717, 1.165) is 6.54 Å². The number of imidazole rings is 1. The molecule has 1 heterocycles. The first kappa shape index (κ1) is 16.2. The monoisotopic (exact) mass is 301 g/mol. The lowest BCUT2D eigenvalue weighted by atomic mass is 10.1. The Balaban J connectivity index is 1.89. The molecular formula is C17H23N3O2. The van der Waals surface area contributed by atoms with Gasteiger partial charge < -0.3 is 14.6 Å². The summed E-state index contributed by atoms with van der Waals surface area (Å²) in [7, 11) is 0. The molecule has 0 saturated carbocycles. The lowest BCUT2D eigenvalue weighted by molar-refractivity contribution is -0.153. The van der Waals surface area contributed by atoms with Crippen LogP contribution in [-0.4, -0.2) is 27.7 Å². The van der Waals surface area contributed by atoms with E-state index in [-0.39, 0.29) is 12.5 Å². The van der Waals surface area contributed by atoms with Crippen LogP contribution in [-0.2, 0) is 22.6 Å². The fourth-order valence-electron chi connectivity index (χ4n) is 2.14. The van der Waals surface area contributed by atoms with Gasteiger partial charge in [-0.3, -0.25) is 4.79 Å². The second-order valence-corrected chi connectivity index (χ2v) is 6.19. The van der Waals surface area contributed by atoms with Crippen molar-refractivity contribution in [1.29, 1.82) is 0 Å². The van der Waals surface area contributed by atoms with Crippen LogP contribution in [0.4, 0.5) is 0 Å². The van der Waals surface area contributed by atoms with Crippen molar-refractivity contribution in [3.8, 4) is 0 Å². The molecule has 0 aliphatic carbocycles. The van der Waals surface area contributed by atoms with Crippen molar-refractivity contribution in [2.45, 2.75) is 39.5 Å². The summed E-state index contributed by atoms with van der Waals surface area (Å²) in [5, 5.41) is 3.14. The topological polar surface area (TPSA) is 56.1 Å². The molecule has 22 heavy (non-hydrogen) atoms. The summed E-state index contributed by atoms with van der Waals surface area (Å²) < 4.78 is 7.30. The molecule has 0 atom stereocenters. The van der Waals surface area contributed by atoms with Gasteiger partial charge in [-0.2, -0.15) is 0 Å². The molecule has 0 aliphatic rings. The molecule has 1 N–H and O–H groups in total. The van der Waals surface area contributed by atoms with Gasteiger partial charge in [-0.15, -0.1) is 0 Å². The zero-order valence-corrected chi connectivity index (χ0v) is 13.4. The maximum absolute atomic E-state index is 11.7. The Hall–Kier alpha value is -2.14. The first-order valence-electron chi connectivity index (χ1n) is 7.39. The summed E-state index contributed by atoms with van der Waals surface area (Å²) in [4.78, 5) is 15.7. The Labute approximate surface area is 131 Å². The van der Waals surface area contributed by atoms with Crippen molar-refractivity contribution in [2.75, 3.05) is 6.54 Å². The number of aromatic nitrogens is 2. The Morgan fingerprint density at radius 2 is 2.00 bits per heavy atom. The van der Waals surface area contributed by atoms with E-state index in [9.17, 15) is 4.79 Å². The normalized spacial score (nSPS) is 11.4. The van der Waals surface area contributed by atoms with Gasteiger partial charge in [-0.25, -0.2) is 4.98 Å². The van der Waals surface area contributed by atoms with Gasteiger partial charge in [-0.1, -0.05) is 24.3 Å². The van der Waals surface area contributed by atoms with Crippen molar-refractivity contribution in [1.82, 2.24) is 14.9 Å². The molecule has 5 nitrogen and oxygen atoms in total. The van der Waals surface area contributed by atoms with Gasteiger partial charge in [0, 0.05) is 25.5 Å². The number of benzene rings is 1. The number of rotatable bonds is 6. The standard InChI is InChI=1S/C17H23N3O2/c1-17(2,3)22-16(21)11-19-10-14-6-4-5-7-15(14)12-20-9-8-18-13-20/h4-9,13,19H,10-12H2,1-3H3. The number of nitrogens with one attached hydrogen (secondary N) is 1. The van der Waals surface area contributed by atoms with Crippen molar-refractivity contribution in [3.63, 3.8) is 0 Å². The van der Waals surface area contributed by atoms with Gasteiger partial charge in [-0.05, 0) is 31.9 Å². The summed E-state index contributed by atoms with van der Waals surface area (Å²) in [5.74, 6) is -0.236. The molecule has 0 amide bonds. The first-order chi connectivity index (χ1) is 10.4. The average Bonchev–Trinajstić information content (AvgIpc) is 2.91. The summed E-state index contributed by atoms with van der Waals surface area (Å²) in [6.07, 6.45) is 5.50. The lowest BCUT2D eigenvalue weighted by Crippen LogP contribution is -2.31. The number of ether oxygens (including phenoxy) is 1. The van der Waals surface area contributed by atoms with Crippen LogP contribution in [0.5, 0.6) is 0 Å². The van der Waals surface area contributed by atoms with E-state index >= 15 is 0 Å². The van der Waals surface area contributed by atoms with Gasteiger partial charge in [0.2, 0.25) is 0 Å². The SMILES string of the molecule is CC(C)(C)OC(=O)CNCc1ccccc1Cn1ccnc1. The molecule has 0 spiro atoms. The third kappa shape index (κ3) is 5.33. The Morgan fingerprint density at radius 3 is 2.64 bits per heavy atom. The van der Waals surface area contributed by atoms with Crippen LogP contribution in [0.15, 0.2) is 43.0 Å².